The molecule has 1 N–H and O–H groups in total. The van der Waals surface area contributed by atoms with Gasteiger partial charge in [0, 0.05) is 17.0 Å². The fraction of sp³-hybridized carbons (Fsp3) is 0.235. The molecule has 0 saturated heterocycles. The number of aromatic nitrogens is 2. The summed E-state index contributed by atoms with van der Waals surface area (Å²) in [5.41, 5.74) is 3.14. The molecule has 0 aliphatic carbocycles. The van der Waals surface area contributed by atoms with Crippen LogP contribution < -0.4 is 5.32 Å². The number of methoxy groups -OCH3 is 1. The SMILES string of the molecule is COC(=O)C1=C(C)NC(C)=C(c2nnco2)C1c1cccc(Cl)c1Cl. The molecule has 0 spiro atoms. The summed E-state index contributed by atoms with van der Waals surface area (Å²) in [7, 11) is 1.33. The zero-order chi connectivity index (χ0) is 18.1. The van der Waals surface area contributed by atoms with Crippen molar-refractivity contribution in [1.29, 1.82) is 0 Å². The molecule has 0 radical (unpaired) electrons. The summed E-state index contributed by atoms with van der Waals surface area (Å²) in [4.78, 5) is 12.5. The van der Waals surface area contributed by atoms with Gasteiger partial charge in [0.05, 0.1) is 28.6 Å². The van der Waals surface area contributed by atoms with Gasteiger partial charge in [0.25, 0.3) is 0 Å². The minimum atomic E-state index is -0.555. The first-order valence-electron chi connectivity index (χ1n) is 7.43. The maximum Gasteiger partial charge on any atom is 0.336 e. The highest BCUT2D eigenvalue weighted by Crippen LogP contribution is 2.46. The smallest absolute Gasteiger partial charge is 0.336 e. The summed E-state index contributed by atoms with van der Waals surface area (Å²) in [6.45, 7) is 3.66. The molecule has 6 nitrogen and oxygen atoms in total. The van der Waals surface area contributed by atoms with Gasteiger partial charge in [0.2, 0.25) is 12.3 Å². The molecule has 1 aliphatic rings. The summed E-state index contributed by atoms with van der Waals surface area (Å²) in [5, 5.41) is 11.7. The molecule has 2 heterocycles. The molecule has 0 amide bonds. The number of nitrogens with zero attached hydrogens (tertiary/aromatic N) is 2. The van der Waals surface area contributed by atoms with Gasteiger partial charge in [-0.1, -0.05) is 35.3 Å². The molecule has 130 valence electrons. The Balaban J connectivity index is 2.29. The average Bonchev–Trinajstić information content (AvgIpc) is 3.10. The molecular weight excluding hydrogens is 365 g/mol. The molecule has 1 atom stereocenters. The average molecular weight is 380 g/mol. The number of allylic oxidation sites excluding steroid dienone is 3. The number of benzene rings is 1. The summed E-state index contributed by atoms with van der Waals surface area (Å²) in [6, 6.07) is 5.27. The number of hydrogen-bond donors (Lipinski definition) is 1. The first kappa shape index (κ1) is 17.5. The van der Waals surface area contributed by atoms with Crippen LogP contribution in [-0.2, 0) is 9.53 Å². The molecule has 0 saturated carbocycles. The van der Waals surface area contributed by atoms with Gasteiger partial charge in [0.15, 0.2) is 0 Å². The lowest BCUT2D eigenvalue weighted by molar-refractivity contribution is -0.136. The Morgan fingerprint density at radius 1 is 1.28 bits per heavy atom. The summed E-state index contributed by atoms with van der Waals surface area (Å²) in [6.07, 6.45) is 1.23. The van der Waals surface area contributed by atoms with Crippen LogP contribution in [0.3, 0.4) is 0 Å². The quantitative estimate of drug-likeness (QED) is 0.813. The molecule has 1 aliphatic heterocycles. The van der Waals surface area contributed by atoms with Crippen molar-refractivity contribution in [2.45, 2.75) is 19.8 Å². The fourth-order valence-electron chi connectivity index (χ4n) is 3.00. The molecule has 0 fully saturated rings. The molecular formula is C17H15Cl2N3O3. The van der Waals surface area contributed by atoms with Crippen molar-refractivity contribution in [3.63, 3.8) is 0 Å². The molecule has 1 aromatic heterocycles. The van der Waals surface area contributed by atoms with Crippen LogP contribution in [0.25, 0.3) is 5.57 Å². The third kappa shape index (κ3) is 3.03. The number of carbonyl (C=O) groups is 1. The van der Waals surface area contributed by atoms with Crippen molar-refractivity contribution in [2.75, 3.05) is 7.11 Å². The third-order valence-electron chi connectivity index (χ3n) is 4.05. The zero-order valence-corrected chi connectivity index (χ0v) is 15.3. The Kier molecular flexibility index (Phi) is 4.83. The van der Waals surface area contributed by atoms with Gasteiger partial charge in [-0.05, 0) is 25.5 Å². The second kappa shape index (κ2) is 6.90. The van der Waals surface area contributed by atoms with E-state index in [9.17, 15) is 4.79 Å². The summed E-state index contributed by atoms with van der Waals surface area (Å²) >= 11 is 12.6. The minimum absolute atomic E-state index is 0.292. The van der Waals surface area contributed by atoms with Crippen molar-refractivity contribution in [1.82, 2.24) is 15.5 Å². The van der Waals surface area contributed by atoms with Gasteiger partial charge >= 0.3 is 5.97 Å². The number of rotatable bonds is 3. The lowest BCUT2D eigenvalue weighted by Gasteiger charge is -2.30. The van der Waals surface area contributed by atoms with E-state index >= 15 is 0 Å². The fourth-order valence-corrected chi connectivity index (χ4v) is 3.42. The summed E-state index contributed by atoms with van der Waals surface area (Å²) < 4.78 is 10.4. The van der Waals surface area contributed by atoms with E-state index in [4.69, 9.17) is 32.4 Å². The summed E-state index contributed by atoms with van der Waals surface area (Å²) in [5.74, 6) is -0.740. The number of hydrogen-bond acceptors (Lipinski definition) is 6. The Labute approximate surface area is 154 Å². The second-order valence-corrected chi connectivity index (χ2v) is 6.30. The van der Waals surface area contributed by atoms with E-state index in [1.165, 1.54) is 13.5 Å². The normalized spacial score (nSPS) is 17.6. The van der Waals surface area contributed by atoms with Crippen molar-refractivity contribution >= 4 is 34.7 Å². The molecule has 25 heavy (non-hydrogen) atoms. The van der Waals surface area contributed by atoms with Gasteiger partial charge in [-0.2, -0.15) is 0 Å². The largest absolute Gasteiger partial charge is 0.466 e. The van der Waals surface area contributed by atoms with E-state index in [0.717, 1.165) is 5.70 Å². The lowest BCUT2D eigenvalue weighted by atomic mass is 9.80. The number of nitrogens with one attached hydrogen (secondary N) is 1. The van der Waals surface area contributed by atoms with Gasteiger partial charge in [0.1, 0.15) is 0 Å². The van der Waals surface area contributed by atoms with Gasteiger partial charge in [-0.15, -0.1) is 10.2 Å². The number of ether oxygens (including phenoxy) is 1. The van der Waals surface area contributed by atoms with Crippen LogP contribution in [0.15, 0.2) is 46.0 Å². The number of carbonyl (C=O) groups excluding carboxylic acids is 1. The van der Waals surface area contributed by atoms with Gasteiger partial charge < -0.3 is 14.5 Å². The molecule has 0 bridgehead atoms. The minimum Gasteiger partial charge on any atom is -0.466 e. The first-order chi connectivity index (χ1) is 12.0. The Morgan fingerprint density at radius 3 is 2.68 bits per heavy atom. The monoisotopic (exact) mass is 379 g/mol. The van der Waals surface area contributed by atoms with E-state index in [1.807, 2.05) is 13.0 Å². The number of esters is 1. The van der Waals surface area contributed by atoms with Crippen LogP contribution in [0.4, 0.5) is 0 Å². The predicted octanol–water partition coefficient (Wildman–Crippen LogP) is 3.94. The number of halogens is 2. The van der Waals surface area contributed by atoms with Crippen LogP contribution in [-0.4, -0.2) is 23.3 Å². The zero-order valence-electron chi connectivity index (χ0n) is 13.8. The van der Waals surface area contributed by atoms with Crippen LogP contribution in [0.5, 0.6) is 0 Å². The van der Waals surface area contributed by atoms with Crippen molar-refractivity contribution in [2.24, 2.45) is 0 Å². The standard InChI is InChI=1S/C17H15Cl2N3O3/c1-8-12(16-22-20-7-25-16)14(10-5-4-6-11(18)15(10)19)13(9(2)21-8)17(23)24-3/h4-7,14,21H,1-3H3. The highest BCUT2D eigenvalue weighted by Gasteiger charge is 2.37. The second-order valence-electron chi connectivity index (χ2n) is 5.51. The predicted molar refractivity (Wildman–Crippen MR) is 93.9 cm³/mol. The maximum atomic E-state index is 12.5. The van der Waals surface area contributed by atoms with Gasteiger partial charge in [-0.3, -0.25) is 0 Å². The van der Waals surface area contributed by atoms with E-state index < -0.39 is 11.9 Å². The topological polar surface area (TPSA) is 77.2 Å². The van der Waals surface area contributed by atoms with E-state index in [-0.39, 0.29) is 0 Å². The highest BCUT2D eigenvalue weighted by molar-refractivity contribution is 6.42. The Hall–Kier alpha value is -2.31. The maximum absolute atomic E-state index is 12.5. The number of dihydropyridines is 1. The molecule has 8 heteroatoms. The molecule has 1 unspecified atom stereocenters. The van der Waals surface area contributed by atoms with E-state index in [0.29, 0.717) is 38.3 Å². The van der Waals surface area contributed by atoms with Crippen molar-refractivity contribution in [3.05, 3.63) is 63.1 Å². The molecule has 1 aromatic carbocycles. The highest BCUT2D eigenvalue weighted by atomic mass is 35.5. The van der Waals surface area contributed by atoms with Crippen LogP contribution in [0, 0.1) is 0 Å². The molecule has 3 rings (SSSR count). The lowest BCUT2D eigenvalue weighted by Crippen LogP contribution is -2.28. The Bertz CT molecular complexity index is 889. The first-order valence-corrected chi connectivity index (χ1v) is 8.18. The Morgan fingerprint density at radius 2 is 2.04 bits per heavy atom. The van der Waals surface area contributed by atoms with Crippen LogP contribution >= 0.6 is 23.2 Å². The third-order valence-corrected chi connectivity index (χ3v) is 4.88. The van der Waals surface area contributed by atoms with Crippen molar-refractivity contribution in [3.8, 4) is 0 Å². The molecule has 2 aromatic rings. The van der Waals surface area contributed by atoms with Gasteiger partial charge in [-0.25, -0.2) is 4.79 Å². The van der Waals surface area contributed by atoms with Crippen molar-refractivity contribution < 1.29 is 13.9 Å². The van der Waals surface area contributed by atoms with E-state index in [2.05, 4.69) is 15.5 Å². The van der Waals surface area contributed by atoms with Crippen LogP contribution in [0.1, 0.15) is 31.2 Å². The van der Waals surface area contributed by atoms with Crippen LogP contribution in [0.2, 0.25) is 10.0 Å². The van der Waals surface area contributed by atoms with E-state index in [1.54, 1.807) is 19.1 Å².